The van der Waals surface area contributed by atoms with Crippen LogP contribution >= 0.6 is 0 Å². The fourth-order valence-electron chi connectivity index (χ4n) is 2.77. The lowest BCUT2D eigenvalue weighted by molar-refractivity contribution is 0.600. The molecule has 0 aromatic heterocycles. The van der Waals surface area contributed by atoms with E-state index in [9.17, 15) is 16.8 Å². The molecule has 0 aliphatic rings. The van der Waals surface area contributed by atoms with Crippen LogP contribution in [-0.2, 0) is 19.7 Å². The van der Waals surface area contributed by atoms with Crippen molar-refractivity contribution in [3.8, 4) is 0 Å². The van der Waals surface area contributed by atoms with Crippen LogP contribution in [0.2, 0.25) is 0 Å². The van der Waals surface area contributed by atoms with Crippen molar-refractivity contribution < 1.29 is 16.8 Å². The van der Waals surface area contributed by atoms with Crippen LogP contribution in [0.1, 0.15) is 13.8 Å². The molecule has 0 saturated heterocycles. The highest BCUT2D eigenvalue weighted by atomic mass is 32.2. The third kappa shape index (κ3) is 4.79. The summed E-state index contributed by atoms with van der Waals surface area (Å²) in [5.41, 5.74) is 1.83. The molecule has 0 heterocycles. The first-order valence-corrected chi connectivity index (χ1v) is 12.2. The number of anilines is 3. The fraction of sp³-hybridized carbons (Fsp3) is 0.333. The molecule has 9 heteroatoms. The third-order valence-corrected chi connectivity index (χ3v) is 6.51. The van der Waals surface area contributed by atoms with Crippen molar-refractivity contribution in [1.29, 1.82) is 0 Å². The highest BCUT2D eigenvalue weighted by molar-refractivity contribution is 7.91. The van der Waals surface area contributed by atoms with Crippen LogP contribution in [0.25, 0.3) is 0 Å². The minimum atomic E-state index is -3.69. The predicted octanol–water partition coefficient (Wildman–Crippen LogP) is 2.35. The second-order valence-electron chi connectivity index (χ2n) is 6.23. The van der Waals surface area contributed by atoms with E-state index in [1.807, 2.05) is 12.1 Å². The van der Waals surface area contributed by atoms with E-state index in [2.05, 4.69) is 18.7 Å². The van der Waals surface area contributed by atoms with Crippen molar-refractivity contribution >= 4 is 36.7 Å². The van der Waals surface area contributed by atoms with Crippen molar-refractivity contribution in [2.24, 2.45) is 5.84 Å². The van der Waals surface area contributed by atoms with Gasteiger partial charge in [-0.3, -0.25) is 5.01 Å². The molecule has 0 fully saturated rings. The van der Waals surface area contributed by atoms with Crippen LogP contribution in [0.15, 0.2) is 52.3 Å². The van der Waals surface area contributed by atoms with Gasteiger partial charge in [0.1, 0.15) is 0 Å². The zero-order chi connectivity index (χ0) is 20.4. The first-order valence-electron chi connectivity index (χ1n) is 8.43. The Bertz CT molecular complexity index is 1010. The van der Waals surface area contributed by atoms with E-state index >= 15 is 0 Å². The Labute approximate surface area is 161 Å². The van der Waals surface area contributed by atoms with Crippen LogP contribution in [0, 0.1) is 0 Å². The minimum Gasteiger partial charge on any atom is -0.372 e. The summed E-state index contributed by atoms with van der Waals surface area (Å²) >= 11 is 0. The van der Waals surface area contributed by atoms with Gasteiger partial charge in [-0.1, -0.05) is 0 Å². The summed E-state index contributed by atoms with van der Waals surface area (Å²) in [5.74, 6) is 6.17. The van der Waals surface area contributed by atoms with Gasteiger partial charge in [-0.05, 0) is 56.3 Å². The number of hydrogen-bond donors (Lipinski definition) is 1. The third-order valence-electron chi connectivity index (χ3n) is 4.27. The fourth-order valence-corrected chi connectivity index (χ4v) is 4.38. The zero-order valence-corrected chi connectivity index (χ0v) is 17.5. The zero-order valence-electron chi connectivity index (χ0n) is 15.9. The van der Waals surface area contributed by atoms with Crippen LogP contribution in [0.5, 0.6) is 0 Å². The minimum absolute atomic E-state index is 0.0723. The summed E-state index contributed by atoms with van der Waals surface area (Å²) in [6.45, 7) is 5.86. The van der Waals surface area contributed by atoms with Gasteiger partial charge in [-0.2, -0.15) is 0 Å². The molecular formula is C18H25N3O4S2. The summed E-state index contributed by atoms with van der Waals surface area (Å²) in [4.78, 5) is 1.96. The molecule has 0 aliphatic carbocycles. The molecule has 0 saturated carbocycles. The van der Waals surface area contributed by atoms with E-state index < -0.39 is 19.7 Å². The molecular weight excluding hydrogens is 386 g/mol. The molecule has 0 unspecified atom stereocenters. The lowest BCUT2D eigenvalue weighted by atomic mass is 10.2. The van der Waals surface area contributed by atoms with Crippen molar-refractivity contribution in [2.45, 2.75) is 23.6 Å². The average molecular weight is 412 g/mol. The average Bonchev–Trinajstić information content (AvgIpc) is 2.61. The molecule has 0 bridgehead atoms. The lowest BCUT2D eigenvalue weighted by Crippen LogP contribution is -2.27. The Morgan fingerprint density at radius 2 is 1.33 bits per heavy atom. The summed E-state index contributed by atoms with van der Waals surface area (Å²) in [6, 6.07) is 11.3. The van der Waals surface area contributed by atoms with Gasteiger partial charge in [0.05, 0.1) is 21.2 Å². The van der Waals surface area contributed by atoms with E-state index in [-0.39, 0.29) is 15.5 Å². The SMILES string of the molecule is CCN(CC)c1ccc(N(N)c2ccc(S(C)(=O)=O)cc2S(C)(=O)=O)cc1. The topological polar surface area (TPSA) is 101 Å². The number of sulfone groups is 2. The van der Waals surface area contributed by atoms with Gasteiger partial charge in [0.15, 0.2) is 19.7 Å². The Kier molecular flexibility index (Phi) is 6.18. The van der Waals surface area contributed by atoms with Crippen LogP contribution in [0.4, 0.5) is 17.1 Å². The molecule has 2 rings (SSSR count). The second-order valence-corrected chi connectivity index (χ2v) is 10.2. The highest BCUT2D eigenvalue weighted by Gasteiger charge is 2.21. The molecule has 0 spiro atoms. The van der Waals surface area contributed by atoms with E-state index in [4.69, 9.17) is 5.84 Å². The summed E-state index contributed by atoms with van der Waals surface area (Å²) < 4.78 is 48.0. The maximum atomic E-state index is 12.2. The van der Waals surface area contributed by atoms with Gasteiger partial charge in [-0.25, -0.2) is 22.7 Å². The van der Waals surface area contributed by atoms with Gasteiger partial charge in [0, 0.05) is 31.3 Å². The highest BCUT2D eigenvalue weighted by Crippen LogP contribution is 2.32. The number of hydrazine groups is 1. The summed E-state index contributed by atoms with van der Waals surface area (Å²) in [5, 5.41) is 1.24. The van der Waals surface area contributed by atoms with Crippen molar-refractivity contribution in [3.63, 3.8) is 0 Å². The van der Waals surface area contributed by atoms with E-state index in [0.29, 0.717) is 5.69 Å². The molecule has 0 amide bonds. The van der Waals surface area contributed by atoms with Gasteiger partial charge in [-0.15, -0.1) is 0 Å². The second kappa shape index (κ2) is 7.87. The lowest BCUT2D eigenvalue weighted by Gasteiger charge is -2.24. The Hall–Kier alpha value is -2.10. The standard InChI is InChI=1S/C18H25N3O4S2/c1-5-20(6-2)14-7-9-15(10-8-14)21(19)17-12-11-16(26(3,22)23)13-18(17)27(4,24)25/h7-13H,5-6,19H2,1-4H3. The summed E-state index contributed by atoms with van der Waals surface area (Å²) in [7, 11) is -7.24. The normalized spacial score (nSPS) is 12.0. The van der Waals surface area contributed by atoms with Gasteiger partial charge in [0.25, 0.3) is 0 Å². The van der Waals surface area contributed by atoms with Gasteiger partial charge in [0.2, 0.25) is 0 Å². The molecule has 148 valence electrons. The number of hydrogen-bond acceptors (Lipinski definition) is 7. The Morgan fingerprint density at radius 1 is 0.815 bits per heavy atom. The first-order chi connectivity index (χ1) is 12.5. The van der Waals surface area contributed by atoms with Crippen LogP contribution in [0.3, 0.4) is 0 Å². The van der Waals surface area contributed by atoms with Crippen molar-refractivity contribution in [3.05, 3.63) is 42.5 Å². The van der Waals surface area contributed by atoms with Gasteiger partial charge >= 0.3 is 0 Å². The molecule has 0 radical (unpaired) electrons. The number of benzene rings is 2. The largest absolute Gasteiger partial charge is 0.372 e. The van der Waals surface area contributed by atoms with E-state index in [0.717, 1.165) is 37.4 Å². The quantitative estimate of drug-likeness (QED) is 0.551. The maximum absolute atomic E-state index is 12.2. The molecule has 2 aromatic carbocycles. The maximum Gasteiger partial charge on any atom is 0.177 e. The van der Waals surface area contributed by atoms with Crippen molar-refractivity contribution in [1.82, 2.24) is 0 Å². The van der Waals surface area contributed by atoms with Crippen LogP contribution in [-0.4, -0.2) is 42.4 Å². The van der Waals surface area contributed by atoms with Crippen LogP contribution < -0.4 is 15.8 Å². The smallest absolute Gasteiger partial charge is 0.177 e. The molecule has 2 N–H and O–H groups in total. The number of nitrogens with zero attached hydrogens (tertiary/aromatic N) is 2. The molecule has 7 nitrogen and oxygen atoms in total. The van der Waals surface area contributed by atoms with Gasteiger partial charge < -0.3 is 4.90 Å². The first kappa shape index (κ1) is 21.2. The number of nitrogens with two attached hydrogens (primary N) is 1. The Balaban J connectivity index is 2.51. The van der Waals surface area contributed by atoms with E-state index in [1.165, 1.54) is 17.1 Å². The molecule has 27 heavy (non-hydrogen) atoms. The number of rotatable bonds is 7. The molecule has 2 aromatic rings. The predicted molar refractivity (Wildman–Crippen MR) is 109 cm³/mol. The Morgan fingerprint density at radius 3 is 1.78 bits per heavy atom. The van der Waals surface area contributed by atoms with E-state index in [1.54, 1.807) is 12.1 Å². The molecule has 0 aliphatic heterocycles. The van der Waals surface area contributed by atoms with Crippen molar-refractivity contribution in [2.75, 3.05) is 35.5 Å². The summed E-state index contributed by atoms with van der Waals surface area (Å²) in [6.07, 6.45) is 2.05. The monoisotopic (exact) mass is 411 g/mol. The molecule has 0 atom stereocenters.